The second-order valence-electron chi connectivity index (χ2n) is 5.66. The van der Waals surface area contributed by atoms with Crippen LogP contribution in [0.15, 0.2) is 24.3 Å². The molecule has 1 amide bonds. The third kappa shape index (κ3) is 4.53. The molecule has 0 aliphatic carbocycles. The van der Waals surface area contributed by atoms with Crippen molar-refractivity contribution in [3.05, 3.63) is 34.8 Å². The van der Waals surface area contributed by atoms with E-state index in [1.54, 1.807) is 0 Å². The molecule has 1 N–H and O–H groups in total. The maximum atomic E-state index is 11.9. The third-order valence-corrected chi connectivity index (χ3v) is 4.21. The Bertz CT molecular complexity index is 638. The molecule has 0 fully saturated rings. The quantitative estimate of drug-likeness (QED) is 0.879. The molecule has 0 bridgehead atoms. The summed E-state index contributed by atoms with van der Waals surface area (Å²) in [5, 5.41) is 12.1. The number of nitrogens with one attached hydrogen (secondary N) is 1. The van der Waals surface area contributed by atoms with Crippen molar-refractivity contribution in [2.45, 2.75) is 39.5 Å². The molecule has 118 valence electrons. The molecule has 2 aromatic rings. The number of carbonyl (C=O) groups excluding carboxylic acids is 1. The Morgan fingerprint density at radius 1 is 1.23 bits per heavy atom. The minimum absolute atomic E-state index is 0.0435. The van der Waals surface area contributed by atoms with Crippen molar-refractivity contribution in [3.63, 3.8) is 0 Å². The second-order valence-corrected chi connectivity index (χ2v) is 6.67. The normalized spacial score (nSPS) is 11.0. The summed E-state index contributed by atoms with van der Waals surface area (Å²) < 4.78 is 5.53. The van der Waals surface area contributed by atoms with Gasteiger partial charge in [0.05, 0.1) is 0 Å². The Labute approximate surface area is 134 Å². The van der Waals surface area contributed by atoms with E-state index in [1.165, 1.54) is 16.9 Å². The number of benzene rings is 1. The Morgan fingerprint density at radius 2 is 2.00 bits per heavy atom. The number of nitrogens with zero attached hydrogens (tertiary/aromatic N) is 2. The number of aromatic nitrogens is 2. The lowest BCUT2D eigenvalue weighted by molar-refractivity contribution is -0.118. The molecule has 0 aliphatic rings. The smallest absolute Gasteiger partial charge is 0.264 e. The van der Waals surface area contributed by atoms with Gasteiger partial charge in [-0.25, -0.2) is 0 Å². The van der Waals surface area contributed by atoms with Gasteiger partial charge in [0.15, 0.2) is 6.61 Å². The van der Waals surface area contributed by atoms with Gasteiger partial charge in [0.25, 0.3) is 5.91 Å². The molecule has 0 aliphatic heterocycles. The lowest BCUT2D eigenvalue weighted by Crippen LogP contribution is -2.20. The van der Waals surface area contributed by atoms with Gasteiger partial charge in [-0.05, 0) is 23.6 Å². The molecule has 1 aromatic carbocycles. The van der Waals surface area contributed by atoms with Crippen LogP contribution in [0.2, 0.25) is 0 Å². The van der Waals surface area contributed by atoms with Crippen LogP contribution in [0.1, 0.15) is 50.1 Å². The number of hydrogen-bond donors (Lipinski definition) is 1. The summed E-state index contributed by atoms with van der Waals surface area (Å²) in [5.41, 5.74) is 1.18. The maximum absolute atomic E-state index is 11.9. The number of amides is 1. The molecule has 0 saturated carbocycles. The highest BCUT2D eigenvalue weighted by molar-refractivity contribution is 7.15. The predicted molar refractivity (Wildman–Crippen MR) is 88.7 cm³/mol. The summed E-state index contributed by atoms with van der Waals surface area (Å²) in [5.74, 6) is 1.19. The number of carbonyl (C=O) groups is 1. The van der Waals surface area contributed by atoms with Gasteiger partial charge in [0, 0.05) is 5.92 Å². The lowest BCUT2D eigenvalue weighted by Gasteiger charge is -2.09. The van der Waals surface area contributed by atoms with E-state index >= 15 is 0 Å². The minimum Gasteiger partial charge on any atom is -0.484 e. The molecule has 2 rings (SSSR count). The molecule has 0 radical (unpaired) electrons. The molecule has 0 atom stereocenters. The first kappa shape index (κ1) is 16.4. The van der Waals surface area contributed by atoms with E-state index in [-0.39, 0.29) is 12.5 Å². The fourth-order valence-corrected chi connectivity index (χ4v) is 2.55. The number of hydrogen-bond acceptors (Lipinski definition) is 5. The van der Waals surface area contributed by atoms with Crippen LogP contribution in [0.3, 0.4) is 0 Å². The highest BCUT2D eigenvalue weighted by Crippen LogP contribution is 2.22. The Morgan fingerprint density at radius 3 is 2.64 bits per heavy atom. The summed E-state index contributed by atoms with van der Waals surface area (Å²) in [6, 6.07) is 7.79. The average Bonchev–Trinajstić information content (AvgIpc) is 2.94. The van der Waals surface area contributed by atoms with E-state index in [9.17, 15) is 4.79 Å². The van der Waals surface area contributed by atoms with Crippen molar-refractivity contribution in [3.8, 4) is 5.75 Å². The van der Waals surface area contributed by atoms with Crippen LogP contribution in [-0.4, -0.2) is 22.7 Å². The molecule has 1 aromatic heterocycles. The number of ether oxygens (including phenoxy) is 1. The maximum Gasteiger partial charge on any atom is 0.264 e. The first-order chi connectivity index (χ1) is 10.5. The Balaban J connectivity index is 1.88. The minimum atomic E-state index is -0.235. The zero-order chi connectivity index (χ0) is 16.1. The molecule has 1 heterocycles. The van der Waals surface area contributed by atoms with Crippen LogP contribution in [0.25, 0.3) is 0 Å². The Hall–Kier alpha value is -1.95. The molecular formula is C16H21N3O2S. The lowest BCUT2D eigenvalue weighted by atomic mass is 10.0. The van der Waals surface area contributed by atoms with Crippen LogP contribution in [0.4, 0.5) is 5.13 Å². The molecule has 0 unspecified atom stereocenters. The topological polar surface area (TPSA) is 64.1 Å². The summed E-state index contributed by atoms with van der Waals surface area (Å²) in [7, 11) is 0. The summed E-state index contributed by atoms with van der Waals surface area (Å²) in [6.45, 7) is 8.27. The standard InChI is InChI=1S/C16H21N3O2S/c1-10(2)12-6-5-7-13(8-12)21-9-14(20)17-16-19-18-15(22-16)11(3)4/h5-8,10-11H,9H2,1-4H3,(H,17,19,20). The first-order valence-corrected chi connectivity index (χ1v) is 8.13. The van der Waals surface area contributed by atoms with E-state index < -0.39 is 0 Å². The van der Waals surface area contributed by atoms with Crippen LogP contribution >= 0.6 is 11.3 Å². The fourth-order valence-electron chi connectivity index (χ4n) is 1.79. The van der Waals surface area contributed by atoms with Crippen molar-refractivity contribution in [2.75, 3.05) is 11.9 Å². The predicted octanol–water partition coefficient (Wildman–Crippen LogP) is 3.80. The highest BCUT2D eigenvalue weighted by Gasteiger charge is 2.11. The van der Waals surface area contributed by atoms with Gasteiger partial charge in [-0.3, -0.25) is 10.1 Å². The fraction of sp³-hybridized carbons (Fsp3) is 0.438. The number of anilines is 1. The van der Waals surface area contributed by atoms with Crippen LogP contribution in [0, 0.1) is 0 Å². The van der Waals surface area contributed by atoms with E-state index in [1.807, 2.05) is 38.1 Å². The van der Waals surface area contributed by atoms with Gasteiger partial charge in [0.2, 0.25) is 5.13 Å². The molecule has 0 spiro atoms. The van der Waals surface area contributed by atoms with Crippen LogP contribution in [-0.2, 0) is 4.79 Å². The molecule has 5 nitrogen and oxygen atoms in total. The van der Waals surface area contributed by atoms with Gasteiger partial charge < -0.3 is 4.74 Å². The molecule has 0 saturated heterocycles. The molecule has 22 heavy (non-hydrogen) atoms. The van der Waals surface area contributed by atoms with E-state index in [2.05, 4.69) is 29.4 Å². The highest BCUT2D eigenvalue weighted by atomic mass is 32.1. The zero-order valence-corrected chi connectivity index (χ0v) is 14.1. The first-order valence-electron chi connectivity index (χ1n) is 7.31. The van der Waals surface area contributed by atoms with Crippen molar-refractivity contribution >= 4 is 22.4 Å². The average molecular weight is 319 g/mol. The van der Waals surface area contributed by atoms with Crippen LogP contribution in [0.5, 0.6) is 5.75 Å². The van der Waals surface area contributed by atoms with Crippen LogP contribution < -0.4 is 10.1 Å². The zero-order valence-electron chi connectivity index (χ0n) is 13.3. The van der Waals surface area contributed by atoms with E-state index in [0.717, 1.165) is 5.01 Å². The third-order valence-electron chi connectivity index (χ3n) is 3.08. The van der Waals surface area contributed by atoms with Crippen molar-refractivity contribution in [1.82, 2.24) is 10.2 Å². The van der Waals surface area contributed by atoms with Gasteiger partial charge in [-0.15, -0.1) is 10.2 Å². The molecule has 6 heteroatoms. The largest absolute Gasteiger partial charge is 0.484 e. The molecular weight excluding hydrogens is 298 g/mol. The summed E-state index contributed by atoms with van der Waals surface area (Å²) in [4.78, 5) is 11.9. The van der Waals surface area contributed by atoms with E-state index in [4.69, 9.17) is 4.74 Å². The van der Waals surface area contributed by atoms with E-state index in [0.29, 0.717) is 22.7 Å². The van der Waals surface area contributed by atoms with Crippen molar-refractivity contribution < 1.29 is 9.53 Å². The van der Waals surface area contributed by atoms with Gasteiger partial charge in [0.1, 0.15) is 10.8 Å². The summed E-state index contributed by atoms with van der Waals surface area (Å²) >= 11 is 1.39. The van der Waals surface area contributed by atoms with Gasteiger partial charge >= 0.3 is 0 Å². The summed E-state index contributed by atoms with van der Waals surface area (Å²) in [6.07, 6.45) is 0. The van der Waals surface area contributed by atoms with Gasteiger partial charge in [-0.2, -0.15) is 0 Å². The Kier molecular flexibility index (Phi) is 5.49. The van der Waals surface area contributed by atoms with Crippen molar-refractivity contribution in [2.24, 2.45) is 0 Å². The second kappa shape index (κ2) is 7.35. The monoisotopic (exact) mass is 319 g/mol. The van der Waals surface area contributed by atoms with Gasteiger partial charge in [-0.1, -0.05) is 51.2 Å². The SMILES string of the molecule is CC(C)c1cccc(OCC(=O)Nc2nnc(C(C)C)s2)c1. The van der Waals surface area contributed by atoms with Crippen molar-refractivity contribution in [1.29, 1.82) is 0 Å². The number of rotatable bonds is 6.